The number of hydrogen-bond donors (Lipinski definition) is 2. The van der Waals surface area contributed by atoms with Crippen molar-refractivity contribution < 1.29 is 5.11 Å². The predicted molar refractivity (Wildman–Crippen MR) is 70.3 cm³/mol. The van der Waals surface area contributed by atoms with Gasteiger partial charge in [-0.1, -0.05) is 6.07 Å². The van der Waals surface area contributed by atoms with Crippen LogP contribution in [0.5, 0.6) is 0 Å². The largest absolute Gasteiger partial charge is 0.393 e. The third-order valence-corrected chi connectivity index (χ3v) is 3.78. The summed E-state index contributed by atoms with van der Waals surface area (Å²) >= 11 is 0. The lowest BCUT2D eigenvalue weighted by Crippen LogP contribution is -2.34. The SMILES string of the molecule is OC1CCC(NCc2cnn3ccccc23)CC1. The molecule has 0 aromatic carbocycles. The van der Waals surface area contributed by atoms with Gasteiger partial charge in [0.15, 0.2) is 0 Å². The van der Waals surface area contributed by atoms with E-state index < -0.39 is 0 Å². The first-order chi connectivity index (χ1) is 8.83. The fourth-order valence-electron chi connectivity index (χ4n) is 2.66. The highest BCUT2D eigenvalue weighted by Gasteiger charge is 2.18. The standard InChI is InChI=1S/C14H19N3O/c18-13-6-4-12(5-7-13)15-9-11-10-16-17-8-2-1-3-14(11)17/h1-3,8,10,12-13,15,18H,4-7,9H2. The van der Waals surface area contributed by atoms with Crippen LogP contribution in [0.4, 0.5) is 0 Å². The molecule has 0 unspecified atom stereocenters. The summed E-state index contributed by atoms with van der Waals surface area (Å²) in [6.45, 7) is 0.855. The molecular formula is C14H19N3O. The molecule has 18 heavy (non-hydrogen) atoms. The van der Waals surface area contributed by atoms with Crippen molar-refractivity contribution in [2.75, 3.05) is 0 Å². The second-order valence-electron chi connectivity index (χ2n) is 5.09. The van der Waals surface area contributed by atoms with Crippen LogP contribution in [0, 0.1) is 0 Å². The Bertz CT molecular complexity index is 514. The van der Waals surface area contributed by atoms with Crippen LogP contribution < -0.4 is 5.32 Å². The molecule has 2 aromatic heterocycles. The van der Waals surface area contributed by atoms with E-state index in [-0.39, 0.29) is 6.10 Å². The number of pyridine rings is 1. The summed E-state index contributed by atoms with van der Waals surface area (Å²) in [6, 6.07) is 6.65. The van der Waals surface area contributed by atoms with Gasteiger partial charge in [0.2, 0.25) is 0 Å². The molecule has 0 amide bonds. The highest BCUT2D eigenvalue weighted by Crippen LogP contribution is 2.19. The molecule has 2 aromatic rings. The Balaban J connectivity index is 1.63. The van der Waals surface area contributed by atoms with Crippen molar-refractivity contribution in [3.8, 4) is 0 Å². The number of nitrogens with zero attached hydrogens (tertiary/aromatic N) is 2. The smallest absolute Gasteiger partial charge is 0.0706 e. The summed E-state index contributed by atoms with van der Waals surface area (Å²) in [5, 5.41) is 17.4. The Kier molecular flexibility index (Phi) is 3.30. The molecule has 1 aliphatic rings. The van der Waals surface area contributed by atoms with Crippen LogP contribution in [0.15, 0.2) is 30.6 Å². The van der Waals surface area contributed by atoms with Crippen LogP contribution in [-0.4, -0.2) is 26.9 Å². The van der Waals surface area contributed by atoms with Crippen molar-refractivity contribution in [1.82, 2.24) is 14.9 Å². The minimum atomic E-state index is -0.0833. The average Bonchev–Trinajstić information content (AvgIpc) is 2.82. The third kappa shape index (κ3) is 2.40. The molecule has 4 heteroatoms. The molecule has 2 heterocycles. The van der Waals surface area contributed by atoms with Gasteiger partial charge in [-0.05, 0) is 37.8 Å². The third-order valence-electron chi connectivity index (χ3n) is 3.78. The lowest BCUT2D eigenvalue weighted by molar-refractivity contribution is 0.116. The van der Waals surface area contributed by atoms with Gasteiger partial charge >= 0.3 is 0 Å². The summed E-state index contributed by atoms with van der Waals surface area (Å²) < 4.78 is 1.90. The fourth-order valence-corrected chi connectivity index (χ4v) is 2.66. The second kappa shape index (κ2) is 5.08. The van der Waals surface area contributed by atoms with Crippen LogP contribution in [0.1, 0.15) is 31.2 Å². The molecule has 1 saturated carbocycles. The van der Waals surface area contributed by atoms with E-state index in [4.69, 9.17) is 0 Å². The Labute approximate surface area is 107 Å². The Hall–Kier alpha value is -1.39. The molecular weight excluding hydrogens is 226 g/mol. The second-order valence-corrected chi connectivity index (χ2v) is 5.09. The molecule has 1 aliphatic carbocycles. The number of hydrogen-bond acceptors (Lipinski definition) is 3. The highest BCUT2D eigenvalue weighted by atomic mass is 16.3. The summed E-state index contributed by atoms with van der Waals surface area (Å²) in [6.07, 6.45) is 7.80. The van der Waals surface area contributed by atoms with E-state index in [2.05, 4.69) is 16.5 Å². The first kappa shape index (κ1) is 11.7. The minimum absolute atomic E-state index is 0.0833. The molecule has 0 radical (unpaired) electrons. The molecule has 4 nitrogen and oxygen atoms in total. The zero-order chi connectivity index (χ0) is 12.4. The summed E-state index contributed by atoms with van der Waals surface area (Å²) in [7, 11) is 0. The van der Waals surface area contributed by atoms with Gasteiger partial charge in [0.1, 0.15) is 0 Å². The normalized spacial score (nSPS) is 24.5. The van der Waals surface area contributed by atoms with Gasteiger partial charge in [0.05, 0.1) is 17.8 Å². The maximum atomic E-state index is 9.48. The van der Waals surface area contributed by atoms with E-state index in [9.17, 15) is 5.11 Å². The van der Waals surface area contributed by atoms with Gasteiger partial charge in [-0.3, -0.25) is 0 Å². The molecule has 0 saturated heterocycles. The topological polar surface area (TPSA) is 49.6 Å². The quantitative estimate of drug-likeness (QED) is 0.865. The summed E-state index contributed by atoms with van der Waals surface area (Å²) in [4.78, 5) is 0. The lowest BCUT2D eigenvalue weighted by atomic mass is 9.93. The summed E-state index contributed by atoms with van der Waals surface area (Å²) in [5.74, 6) is 0. The van der Waals surface area contributed by atoms with E-state index in [1.165, 1.54) is 11.1 Å². The number of fused-ring (bicyclic) bond motifs is 1. The number of nitrogens with one attached hydrogen (secondary N) is 1. The number of rotatable bonds is 3. The van der Waals surface area contributed by atoms with E-state index in [0.29, 0.717) is 6.04 Å². The van der Waals surface area contributed by atoms with Crippen molar-refractivity contribution in [1.29, 1.82) is 0 Å². The highest BCUT2D eigenvalue weighted by molar-refractivity contribution is 5.53. The monoisotopic (exact) mass is 245 g/mol. The molecule has 1 fully saturated rings. The van der Waals surface area contributed by atoms with Gasteiger partial charge in [-0.25, -0.2) is 4.52 Å². The van der Waals surface area contributed by atoms with Gasteiger partial charge in [0, 0.05) is 24.3 Å². The maximum Gasteiger partial charge on any atom is 0.0706 e. The first-order valence-corrected chi connectivity index (χ1v) is 6.65. The number of aliphatic hydroxyl groups is 1. The predicted octanol–water partition coefficient (Wildman–Crippen LogP) is 1.73. The minimum Gasteiger partial charge on any atom is -0.393 e. The van der Waals surface area contributed by atoms with Crippen molar-refractivity contribution in [2.45, 2.75) is 44.4 Å². The average molecular weight is 245 g/mol. The van der Waals surface area contributed by atoms with Crippen LogP contribution in [0.3, 0.4) is 0 Å². The zero-order valence-corrected chi connectivity index (χ0v) is 10.4. The Morgan fingerprint density at radius 3 is 2.94 bits per heavy atom. The van der Waals surface area contributed by atoms with Crippen molar-refractivity contribution in [3.05, 3.63) is 36.2 Å². The Morgan fingerprint density at radius 2 is 2.11 bits per heavy atom. The molecule has 3 rings (SSSR count). The molecule has 0 aliphatic heterocycles. The Morgan fingerprint density at radius 1 is 1.28 bits per heavy atom. The van der Waals surface area contributed by atoms with Crippen molar-refractivity contribution in [3.63, 3.8) is 0 Å². The summed E-state index contributed by atoms with van der Waals surface area (Å²) in [5.41, 5.74) is 2.41. The van der Waals surface area contributed by atoms with Crippen LogP contribution in [0.25, 0.3) is 5.52 Å². The van der Waals surface area contributed by atoms with Gasteiger partial charge < -0.3 is 10.4 Å². The van der Waals surface area contributed by atoms with Crippen LogP contribution in [0.2, 0.25) is 0 Å². The van der Waals surface area contributed by atoms with Gasteiger partial charge in [-0.2, -0.15) is 5.10 Å². The molecule has 2 N–H and O–H groups in total. The number of aliphatic hydroxyl groups excluding tert-OH is 1. The number of aromatic nitrogens is 2. The first-order valence-electron chi connectivity index (χ1n) is 6.65. The lowest BCUT2D eigenvalue weighted by Gasteiger charge is -2.26. The zero-order valence-electron chi connectivity index (χ0n) is 10.4. The van der Waals surface area contributed by atoms with Crippen LogP contribution >= 0.6 is 0 Å². The van der Waals surface area contributed by atoms with E-state index in [1.807, 2.05) is 29.0 Å². The van der Waals surface area contributed by atoms with E-state index in [0.717, 1.165) is 32.2 Å². The van der Waals surface area contributed by atoms with Gasteiger partial charge in [-0.15, -0.1) is 0 Å². The van der Waals surface area contributed by atoms with Crippen molar-refractivity contribution >= 4 is 5.52 Å². The van der Waals surface area contributed by atoms with Crippen molar-refractivity contribution in [2.24, 2.45) is 0 Å². The molecule has 96 valence electrons. The molecule has 0 bridgehead atoms. The molecule has 0 atom stereocenters. The molecule has 0 spiro atoms. The van der Waals surface area contributed by atoms with Gasteiger partial charge in [0.25, 0.3) is 0 Å². The van der Waals surface area contributed by atoms with Crippen LogP contribution in [-0.2, 0) is 6.54 Å². The fraction of sp³-hybridized carbons (Fsp3) is 0.500. The maximum absolute atomic E-state index is 9.48. The van der Waals surface area contributed by atoms with E-state index >= 15 is 0 Å². The van der Waals surface area contributed by atoms with E-state index in [1.54, 1.807) is 0 Å².